The van der Waals surface area contributed by atoms with Crippen molar-refractivity contribution >= 4 is 15.9 Å². The summed E-state index contributed by atoms with van der Waals surface area (Å²) in [5.74, 6) is -0.0461. The maximum absolute atomic E-state index is 13.0. The standard InChI is InChI=1S/C22H23N3O5S/c1-29-19-12-17(7-8-18(19)14-25-10-4-9-23-25)22(26)24-31(27,28)21-13-16-6-3-5-15(16)11-20(21)30-2/h4,7-13H,3,5-6,14H2,1-2H3,(H,24,26). The van der Waals surface area contributed by atoms with Gasteiger partial charge in [-0.15, -0.1) is 0 Å². The maximum atomic E-state index is 13.0. The number of rotatable bonds is 7. The summed E-state index contributed by atoms with van der Waals surface area (Å²) in [4.78, 5) is 12.7. The monoisotopic (exact) mass is 441 g/mol. The number of nitrogens with zero attached hydrogens (tertiary/aromatic N) is 2. The Bertz CT molecular complexity index is 1220. The first-order valence-electron chi connectivity index (χ1n) is 9.82. The lowest BCUT2D eigenvalue weighted by Gasteiger charge is -2.14. The Kier molecular flexibility index (Phi) is 5.69. The van der Waals surface area contributed by atoms with E-state index < -0.39 is 15.9 Å². The fourth-order valence-electron chi connectivity index (χ4n) is 3.77. The van der Waals surface area contributed by atoms with Crippen LogP contribution < -0.4 is 14.2 Å². The van der Waals surface area contributed by atoms with E-state index in [2.05, 4.69) is 9.82 Å². The summed E-state index contributed by atoms with van der Waals surface area (Å²) in [5, 5.41) is 4.16. The molecule has 0 spiro atoms. The van der Waals surface area contributed by atoms with Crippen molar-refractivity contribution in [3.8, 4) is 11.5 Å². The van der Waals surface area contributed by atoms with E-state index in [4.69, 9.17) is 9.47 Å². The average molecular weight is 442 g/mol. The molecule has 0 fully saturated rings. The van der Waals surface area contributed by atoms with Gasteiger partial charge in [-0.25, -0.2) is 13.1 Å². The van der Waals surface area contributed by atoms with Gasteiger partial charge in [0.15, 0.2) is 0 Å². The molecule has 2 aromatic carbocycles. The first-order chi connectivity index (χ1) is 14.9. The van der Waals surface area contributed by atoms with E-state index in [0.717, 1.165) is 36.0 Å². The number of fused-ring (bicyclic) bond motifs is 1. The third-order valence-corrected chi connectivity index (χ3v) is 6.69. The van der Waals surface area contributed by atoms with Crippen molar-refractivity contribution in [2.75, 3.05) is 14.2 Å². The molecule has 0 unspecified atom stereocenters. The number of aromatic nitrogens is 2. The average Bonchev–Trinajstić information content (AvgIpc) is 3.44. The summed E-state index contributed by atoms with van der Waals surface area (Å²) in [5.41, 5.74) is 3.04. The summed E-state index contributed by atoms with van der Waals surface area (Å²) < 4.78 is 40.5. The van der Waals surface area contributed by atoms with Crippen molar-refractivity contribution in [2.45, 2.75) is 30.7 Å². The van der Waals surface area contributed by atoms with Crippen LogP contribution in [0.15, 0.2) is 53.7 Å². The van der Waals surface area contributed by atoms with E-state index in [1.807, 2.05) is 12.3 Å². The number of ether oxygens (including phenoxy) is 2. The third kappa shape index (κ3) is 4.27. The zero-order valence-electron chi connectivity index (χ0n) is 17.3. The number of sulfonamides is 1. The highest BCUT2D eigenvalue weighted by molar-refractivity contribution is 7.90. The Morgan fingerprint density at radius 3 is 2.52 bits per heavy atom. The first kappa shape index (κ1) is 20.9. The van der Waals surface area contributed by atoms with Crippen LogP contribution in [-0.2, 0) is 29.4 Å². The van der Waals surface area contributed by atoms with Gasteiger partial charge in [0.25, 0.3) is 15.9 Å². The lowest BCUT2D eigenvalue weighted by Crippen LogP contribution is -2.31. The summed E-state index contributed by atoms with van der Waals surface area (Å²) in [6.45, 7) is 0.461. The van der Waals surface area contributed by atoms with Crippen molar-refractivity contribution in [3.63, 3.8) is 0 Å². The van der Waals surface area contributed by atoms with Gasteiger partial charge in [-0.1, -0.05) is 6.07 Å². The van der Waals surface area contributed by atoms with Crippen molar-refractivity contribution in [1.82, 2.24) is 14.5 Å². The van der Waals surface area contributed by atoms with Crippen molar-refractivity contribution in [1.29, 1.82) is 0 Å². The fraction of sp³-hybridized carbons (Fsp3) is 0.273. The molecule has 0 saturated carbocycles. The van der Waals surface area contributed by atoms with Crippen LogP contribution in [0, 0.1) is 0 Å². The molecule has 0 radical (unpaired) electrons. The van der Waals surface area contributed by atoms with Crippen LogP contribution in [0.3, 0.4) is 0 Å². The molecule has 1 N–H and O–H groups in total. The van der Waals surface area contributed by atoms with Crippen LogP contribution in [0.1, 0.15) is 33.5 Å². The SMILES string of the molecule is COc1cc(C(=O)NS(=O)(=O)c2cc3c(cc2OC)CCC3)ccc1Cn1cccn1. The number of methoxy groups -OCH3 is 2. The lowest BCUT2D eigenvalue weighted by molar-refractivity contribution is 0.0981. The molecule has 1 aromatic heterocycles. The molecule has 31 heavy (non-hydrogen) atoms. The number of aryl methyl sites for hydroxylation is 2. The number of amides is 1. The molecular weight excluding hydrogens is 418 g/mol. The lowest BCUT2D eigenvalue weighted by atomic mass is 10.1. The van der Waals surface area contributed by atoms with Crippen LogP contribution in [0.4, 0.5) is 0 Å². The van der Waals surface area contributed by atoms with E-state index in [0.29, 0.717) is 12.3 Å². The van der Waals surface area contributed by atoms with Gasteiger partial charge < -0.3 is 9.47 Å². The Hall–Kier alpha value is -3.33. The highest BCUT2D eigenvalue weighted by atomic mass is 32.2. The van der Waals surface area contributed by atoms with Gasteiger partial charge in [-0.05, 0) is 60.7 Å². The van der Waals surface area contributed by atoms with Gasteiger partial charge in [0.2, 0.25) is 0 Å². The summed E-state index contributed by atoms with van der Waals surface area (Å²) >= 11 is 0. The summed E-state index contributed by atoms with van der Waals surface area (Å²) in [6.07, 6.45) is 6.16. The number of hydrogen-bond donors (Lipinski definition) is 1. The zero-order chi connectivity index (χ0) is 22.0. The highest BCUT2D eigenvalue weighted by Crippen LogP contribution is 2.32. The van der Waals surface area contributed by atoms with Gasteiger partial charge in [0.05, 0.1) is 20.8 Å². The molecule has 1 aliphatic rings. The molecule has 0 bridgehead atoms. The van der Waals surface area contributed by atoms with E-state index in [1.54, 1.807) is 35.1 Å². The van der Waals surface area contributed by atoms with Crippen molar-refractivity contribution in [2.24, 2.45) is 0 Å². The van der Waals surface area contributed by atoms with Gasteiger partial charge in [-0.2, -0.15) is 5.10 Å². The van der Waals surface area contributed by atoms with E-state index in [9.17, 15) is 13.2 Å². The third-order valence-electron chi connectivity index (χ3n) is 5.34. The maximum Gasteiger partial charge on any atom is 0.268 e. The summed E-state index contributed by atoms with van der Waals surface area (Å²) in [7, 11) is -1.21. The Balaban J connectivity index is 1.59. The molecule has 4 rings (SSSR count). The second kappa shape index (κ2) is 8.43. The van der Waals surface area contributed by atoms with E-state index in [-0.39, 0.29) is 16.2 Å². The minimum atomic E-state index is -4.12. The number of carbonyl (C=O) groups excluding carboxylic acids is 1. The van der Waals surface area contributed by atoms with Gasteiger partial charge in [0, 0.05) is 23.5 Å². The number of nitrogens with one attached hydrogen (secondary N) is 1. The molecule has 8 nitrogen and oxygen atoms in total. The second-order valence-electron chi connectivity index (χ2n) is 7.29. The highest BCUT2D eigenvalue weighted by Gasteiger charge is 2.26. The molecular formula is C22H23N3O5S. The second-order valence-corrected chi connectivity index (χ2v) is 8.94. The first-order valence-corrected chi connectivity index (χ1v) is 11.3. The molecule has 0 aliphatic heterocycles. The molecule has 1 aliphatic carbocycles. The van der Waals surface area contributed by atoms with Crippen molar-refractivity contribution < 1.29 is 22.7 Å². The molecule has 0 saturated heterocycles. The van der Waals surface area contributed by atoms with Crippen LogP contribution in [0.5, 0.6) is 11.5 Å². The Morgan fingerprint density at radius 1 is 1.10 bits per heavy atom. The van der Waals surface area contributed by atoms with Crippen LogP contribution in [-0.4, -0.2) is 38.3 Å². The molecule has 162 valence electrons. The molecule has 3 aromatic rings. The number of benzene rings is 2. The Labute approximate surface area is 180 Å². The molecule has 0 atom stereocenters. The topological polar surface area (TPSA) is 99.5 Å². The molecule has 9 heteroatoms. The number of hydrogen-bond acceptors (Lipinski definition) is 6. The van der Waals surface area contributed by atoms with Crippen LogP contribution >= 0.6 is 0 Å². The molecule has 1 heterocycles. The van der Waals surface area contributed by atoms with Gasteiger partial charge in [-0.3, -0.25) is 9.48 Å². The molecule has 1 amide bonds. The van der Waals surface area contributed by atoms with Crippen molar-refractivity contribution in [3.05, 3.63) is 71.0 Å². The minimum Gasteiger partial charge on any atom is -0.496 e. The Morgan fingerprint density at radius 2 is 1.84 bits per heavy atom. The predicted molar refractivity (Wildman–Crippen MR) is 114 cm³/mol. The van der Waals surface area contributed by atoms with Crippen LogP contribution in [0.25, 0.3) is 0 Å². The summed E-state index contributed by atoms with van der Waals surface area (Å²) in [6, 6.07) is 9.96. The predicted octanol–water partition coefficient (Wildman–Crippen LogP) is 2.56. The van der Waals surface area contributed by atoms with Crippen LogP contribution in [0.2, 0.25) is 0 Å². The fourth-order valence-corrected chi connectivity index (χ4v) is 4.95. The minimum absolute atomic E-state index is 0.0359. The van der Waals surface area contributed by atoms with E-state index in [1.165, 1.54) is 20.3 Å². The van der Waals surface area contributed by atoms with Gasteiger partial charge >= 0.3 is 0 Å². The largest absolute Gasteiger partial charge is 0.496 e. The zero-order valence-corrected chi connectivity index (χ0v) is 18.1. The number of carbonyl (C=O) groups is 1. The normalized spacial score (nSPS) is 13.0. The quantitative estimate of drug-likeness (QED) is 0.605. The van der Waals surface area contributed by atoms with E-state index >= 15 is 0 Å². The smallest absolute Gasteiger partial charge is 0.268 e. The van der Waals surface area contributed by atoms with Gasteiger partial charge in [0.1, 0.15) is 16.4 Å².